The number of hydrogen-bond donors (Lipinski definition) is 6. The highest BCUT2D eigenvalue weighted by molar-refractivity contribution is 5.97. The molecule has 1 amide bonds. The normalized spacial score (nSPS) is 33.9. The molecule has 13 nitrogen and oxygen atoms in total. The van der Waals surface area contributed by atoms with Crippen molar-refractivity contribution in [2.75, 3.05) is 27.4 Å². The number of aliphatic hydroxyl groups excluding tert-OH is 5. The highest BCUT2D eigenvalue weighted by Crippen LogP contribution is 2.36. The standard InChI is InChI=1S/C24H31F4NO12/c1-7(32)29-17-20(36)21(11(6-31)40-23(17)38-3)41-24-19(35)8(18(34)10(5-30)39-24)4-9(33)12-13(25)15(27)22(37-2)16(28)14(12)26/h8,10-11,17-21,23-24,30-31,34-36H,4-6H2,1-3H3,(H,29,32)/t8-,10?,11?,17?,18+,19?,20+,21+,23+,24-/m0/s1. The summed E-state index contributed by atoms with van der Waals surface area (Å²) in [5.74, 6) is -13.4. The highest BCUT2D eigenvalue weighted by atomic mass is 19.2. The van der Waals surface area contributed by atoms with E-state index in [0.29, 0.717) is 0 Å². The third-order valence-electron chi connectivity index (χ3n) is 6.90. The van der Waals surface area contributed by atoms with Crippen LogP contribution in [0.2, 0.25) is 0 Å². The van der Waals surface area contributed by atoms with E-state index in [2.05, 4.69) is 10.1 Å². The number of aliphatic hydroxyl groups is 5. The molecule has 0 radical (unpaired) electrons. The monoisotopic (exact) mass is 601 g/mol. The molecular weight excluding hydrogens is 570 g/mol. The fourth-order valence-electron chi connectivity index (χ4n) is 4.85. The molecule has 0 aliphatic carbocycles. The summed E-state index contributed by atoms with van der Waals surface area (Å²) in [7, 11) is 1.95. The summed E-state index contributed by atoms with van der Waals surface area (Å²) >= 11 is 0. The van der Waals surface area contributed by atoms with Crippen LogP contribution in [0.4, 0.5) is 17.6 Å². The van der Waals surface area contributed by atoms with Gasteiger partial charge in [0, 0.05) is 26.4 Å². The van der Waals surface area contributed by atoms with E-state index < -0.39 is 127 Å². The van der Waals surface area contributed by atoms with Gasteiger partial charge in [-0.05, 0) is 0 Å². The van der Waals surface area contributed by atoms with Crippen LogP contribution in [0.5, 0.6) is 5.75 Å². The number of benzene rings is 1. The third-order valence-corrected chi connectivity index (χ3v) is 6.90. The lowest BCUT2D eigenvalue weighted by atomic mass is 9.83. The number of carbonyl (C=O) groups excluding carboxylic acids is 2. The minimum Gasteiger partial charge on any atom is -0.491 e. The van der Waals surface area contributed by atoms with Gasteiger partial charge in [-0.25, -0.2) is 8.78 Å². The van der Waals surface area contributed by atoms with Crippen LogP contribution >= 0.6 is 0 Å². The van der Waals surface area contributed by atoms with Crippen molar-refractivity contribution in [3.63, 3.8) is 0 Å². The van der Waals surface area contributed by atoms with Crippen molar-refractivity contribution in [1.82, 2.24) is 5.32 Å². The summed E-state index contributed by atoms with van der Waals surface area (Å²) in [5, 5.41) is 54.4. The van der Waals surface area contributed by atoms with Gasteiger partial charge < -0.3 is 54.5 Å². The van der Waals surface area contributed by atoms with Crippen molar-refractivity contribution >= 4 is 11.7 Å². The molecule has 1 aromatic carbocycles. The Morgan fingerprint density at radius 2 is 1.41 bits per heavy atom. The summed E-state index contributed by atoms with van der Waals surface area (Å²) in [5.41, 5.74) is -1.63. The Morgan fingerprint density at radius 3 is 1.90 bits per heavy atom. The highest BCUT2D eigenvalue weighted by Gasteiger charge is 2.52. The van der Waals surface area contributed by atoms with Gasteiger partial charge in [-0.3, -0.25) is 9.59 Å². The molecule has 2 saturated heterocycles. The number of hydrogen-bond acceptors (Lipinski definition) is 12. The van der Waals surface area contributed by atoms with Crippen molar-refractivity contribution in [2.24, 2.45) is 5.92 Å². The zero-order valence-corrected chi connectivity index (χ0v) is 22.0. The van der Waals surface area contributed by atoms with Gasteiger partial charge in [-0.1, -0.05) is 0 Å². The Bertz CT molecular complexity index is 1080. The molecule has 0 bridgehead atoms. The van der Waals surface area contributed by atoms with Gasteiger partial charge in [0.2, 0.25) is 17.5 Å². The maximum atomic E-state index is 14.5. The maximum Gasteiger partial charge on any atom is 0.217 e. The van der Waals surface area contributed by atoms with Crippen LogP contribution in [0.25, 0.3) is 0 Å². The fraction of sp³-hybridized carbons (Fsp3) is 0.667. The van der Waals surface area contributed by atoms with Gasteiger partial charge in [0.25, 0.3) is 0 Å². The predicted octanol–water partition coefficient (Wildman–Crippen LogP) is -1.51. The van der Waals surface area contributed by atoms with Gasteiger partial charge in [0.05, 0.1) is 32.0 Å². The largest absolute Gasteiger partial charge is 0.491 e. The molecule has 2 heterocycles. The maximum absolute atomic E-state index is 14.5. The predicted molar refractivity (Wildman–Crippen MR) is 124 cm³/mol. The zero-order valence-electron chi connectivity index (χ0n) is 22.0. The average molecular weight is 601 g/mol. The first-order chi connectivity index (χ1) is 19.3. The van der Waals surface area contributed by atoms with Crippen LogP contribution in [-0.2, 0) is 23.7 Å². The van der Waals surface area contributed by atoms with E-state index in [1.807, 2.05) is 0 Å². The lowest BCUT2D eigenvalue weighted by Crippen LogP contribution is -2.67. The topological polar surface area (TPSA) is 193 Å². The quantitative estimate of drug-likeness (QED) is 0.103. The molecule has 2 aliphatic heterocycles. The van der Waals surface area contributed by atoms with Crippen molar-refractivity contribution in [2.45, 2.75) is 68.6 Å². The van der Waals surface area contributed by atoms with E-state index in [4.69, 9.17) is 18.9 Å². The minimum atomic E-state index is -2.07. The van der Waals surface area contributed by atoms with E-state index in [9.17, 15) is 52.7 Å². The first-order valence-corrected chi connectivity index (χ1v) is 12.3. The molecule has 10 atom stereocenters. The molecule has 17 heteroatoms. The fourth-order valence-corrected chi connectivity index (χ4v) is 4.85. The number of amides is 1. The van der Waals surface area contributed by atoms with E-state index >= 15 is 0 Å². The Kier molecular flexibility index (Phi) is 11.0. The molecule has 2 aliphatic rings. The Balaban J connectivity index is 1.90. The summed E-state index contributed by atoms with van der Waals surface area (Å²) < 4.78 is 83.3. The van der Waals surface area contributed by atoms with Crippen LogP contribution in [0.1, 0.15) is 23.7 Å². The smallest absolute Gasteiger partial charge is 0.217 e. The molecule has 2 fully saturated rings. The van der Waals surface area contributed by atoms with E-state index in [1.54, 1.807) is 0 Å². The van der Waals surface area contributed by atoms with Crippen LogP contribution < -0.4 is 10.1 Å². The van der Waals surface area contributed by atoms with Crippen LogP contribution in [0.15, 0.2) is 0 Å². The number of ether oxygens (including phenoxy) is 5. The average Bonchev–Trinajstić information content (AvgIpc) is 2.93. The number of Topliss-reactive ketones (excluding diaryl/α,β-unsaturated/α-hetero) is 1. The summed E-state index contributed by atoms with van der Waals surface area (Å²) in [6, 6.07) is -1.24. The second kappa shape index (κ2) is 13.7. The molecule has 1 aromatic rings. The first kappa shape index (κ1) is 33.0. The number of rotatable bonds is 10. The van der Waals surface area contributed by atoms with Crippen molar-refractivity contribution in [3.8, 4) is 5.75 Å². The minimum absolute atomic E-state index is 0.595. The molecule has 0 spiro atoms. The number of carbonyl (C=O) groups is 2. The second-order valence-electron chi connectivity index (χ2n) is 9.44. The molecule has 6 N–H and O–H groups in total. The van der Waals surface area contributed by atoms with Crippen molar-refractivity contribution < 1.29 is 76.4 Å². The van der Waals surface area contributed by atoms with Crippen LogP contribution in [0, 0.1) is 29.2 Å². The van der Waals surface area contributed by atoms with Crippen molar-refractivity contribution in [3.05, 3.63) is 28.8 Å². The summed E-state index contributed by atoms with van der Waals surface area (Å²) in [4.78, 5) is 24.5. The summed E-state index contributed by atoms with van der Waals surface area (Å²) in [6.45, 7) is -0.540. The zero-order chi connectivity index (χ0) is 30.8. The van der Waals surface area contributed by atoms with Gasteiger partial charge in [-0.2, -0.15) is 8.78 Å². The number of ketones is 1. The number of nitrogens with one attached hydrogen (secondary N) is 1. The Labute approximate surface area is 230 Å². The second-order valence-corrected chi connectivity index (χ2v) is 9.44. The Hall–Kier alpha value is -2.48. The molecule has 0 aromatic heterocycles. The van der Waals surface area contributed by atoms with E-state index in [-0.39, 0.29) is 0 Å². The lowest BCUT2D eigenvalue weighted by Gasteiger charge is -2.47. The van der Waals surface area contributed by atoms with E-state index in [0.717, 1.165) is 14.0 Å². The Morgan fingerprint density at radius 1 is 0.854 bits per heavy atom. The molecular formula is C24H31F4NO12. The van der Waals surface area contributed by atoms with Crippen molar-refractivity contribution in [1.29, 1.82) is 0 Å². The van der Waals surface area contributed by atoms with Gasteiger partial charge >= 0.3 is 0 Å². The molecule has 3 rings (SSSR count). The van der Waals surface area contributed by atoms with Gasteiger partial charge in [0.15, 0.2) is 35.7 Å². The number of methoxy groups -OCH3 is 2. The SMILES string of the molecule is COc1c(F)c(F)c(C(=O)C[C@@H]2C(O)[C@H](O[C@@H]3C(CO)O[C@@H](OC)C(NC(C)=O)[C@H]3O)OC(CO)[C@@H]2O)c(F)c1F. The third kappa shape index (κ3) is 6.47. The molecule has 4 unspecified atom stereocenters. The van der Waals surface area contributed by atoms with Crippen LogP contribution in [-0.4, -0.2) is 120 Å². The molecule has 41 heavy (non-hydrogen) atoms. The number of halogens is 4. The van der Waals surface area contributed by atoms with Crippen LogP contribution in [0.3, 0.4) is 0 Å². The van der Waals surface area contributed by atoms with Gasteiger partial charge in [0.1, 0.15) is 36.6 Å². The lowest BCUT2D eigenvalue weighted by molar-refractivity contribution is -0.341. The molecule has 232 valence electrons. The van der Waals surface area contributed by atoms with Gasteiger partial charge in [-0.15, -0.1) is 0 Å². The van der Waals surface area contributed by atoms with E-state index in [1.165, 1.54) is 7.11 Å². The molecule has 0 saturated carbocycles. The summed E-state index contributed by atoms with van der Waals surface area (Å²) in [6.07, 6.45) is -14.2. The first-order valence-electron chi connectivity index (χ1n) is 12.3.